The van der Waals surface area contributed by atoms with Crippen LogP contribution in [0, 0.1) is 27.7 Å². The molecule has 0 spiro atoms. The fourth-order valence-corrected chi connectivity index (χ4v) is 8.85. The smallest absolute Gasteiger partial charge is 0.136 e. The van der Waals surface area contributed by atoms with Crippen LogP contribution in [0.15, 0.2) is 35.4 Å². The minimum Gasteiger partial charge on any atom is -0.379 e. The van der Waals surface area contributed by atoms with Crippen molar-refractivity contribution in [1.29, 1.82) is 0 Å². The second-order valence-corrected chi connectivity index (χ2v) is 16.5. The molecule has 0 radical (unpaired) electrons. The zero-order chi connectivity index (χ0) is 37.8. The number of pyridine rings is 2. The molecular weight excluding hydrogens is 692 g/mol. The van der Waals surface area contributed by atoms with Crippen LogP contribution in [0.5, 0.6) is 0 Å². The van der Waals surface area contributed by atoms with Crippen LogP contribution in [0.2, 0.25) is 5.15 Å². The second kappa shape index (κ2) is 17.8. The lowest BCUT2D eigenvalue weighted by atomic mass is 9.97. The molecule has 0 N–H and O–H groups in total. The maximum absolute atomic E-state index is 6.28. The highest BCUT2D eigenvalue weighted by atomic mass is 35.5. The number of hydrogen-bond donors (Lipinski definition) is 0. The first-order chi connectivity index (χ1) is 26.1. The van der Waals surface area contributed by atoms with E-state index >= 15 is 0 Å². The Morgan fingerprint density at radius 3 is 1.69 bits per heavy atom. The van der Waals surface area contributed by atoms with E-state index in [2.05, 4.69) is 95.6 Å². The largest absolute Gasteiger partial charge is 0.379 e. The first-order valence-electron chi connectivity index (χ1n) is 20.4. The van der Waals surface area contributed by atoms with Gasteiger partial charge >= 0.3 is 0 Å². The highest BCUT2D eigenvalue weighted by Gasteiger charge is 2.24. The van der Waals surface area contributed by atoms with Gasteiger partial charge in [0.2, 0.25) is 0 Å². The normalized spacial score (nSPS) is 19.4. The molecule has 290 valence electrons. The van der Waals surface area contributed by atoms with Crippen molar-refractivity contribution in [3.8, 4) is 11.3 Å². The van der Waals surface area contributed by atoms with Gasteiger partial charge in [0.25, 0.3) is 0 Å². The molecule has 3 fully saturated rings. The molecule has 3 saturated heterocycles. The van der Waals surface area contributed by atoms with Crippen LogP contribution in [0.3, 0.4) is 0 Å². The second-order valence-electron chi connectivity index (χ2n) is 16.1. The third kappa shape index (κ3) is 9.12. The van der Waals surface area contributed by atoms with Gasteiger partial charge in [-0.3, -0.25) is 19.7 Å². The van der Waals surface area contributed by atoms with Crippen molar-refractivity contribution < 1.29 is 9.47 Å². The Kier molecular flexibility index (Phi) is 12.9. The number of benzene rings is 1. The number of aryl methyl sites for hydroxylation is 2. The van der Waals surface area contributed by atoms with Crippen molar-refractivity contribution >= 4 is 29.4 Å². The Bertz CT molecular complexity index is 1830. The molecule has 1 aromatic carbocycles. The molecule has 54 heavy (non-hydrogen) atoms. The summed E-state index contributed by atoms with van der Waals surface area (Å²) in [6.07, 6.45) is 9.03. The van der Waals surface area contributed by atoms with Gasteiger partial charge in [0.15, 0.2) is 0 Å². The summed E-state index contributed by atoms with van der Waals surface area (Å²) in [5, 5.41) is 0.657. The van der Waals surface area contributed by atoms with E-state index in [0.29, 0.717) is 11.2 Å². The topological polar surface area (TPSA) is 57.2 Å². The number of anilines is 1. The zero-order valence-electron chi connectivity index (χ0n) is 33.6. The lowest BCUT2D eigenvalue weighted by Gasteiger charge is -2.38. The first kappa shape index (κ1) is 39.1. The Labute approximate surface area is 329 Å². The van der Waals surface area contributed by atoms with Crippen LogP contribution in [0.1, 0.15) is 71.5 Å². The standard InChI is InChI=1S/C29H40N4O.C16H21ClN2O/c1-21(2)32-11-13-33(14-12-32)26-7-5-25(6-8-26)29-28-20-24(9-10-31-15-17-34-18-16-31)19-27(28)22(3)23(4)30-29;1-11-12(2)18-16(17)15-10-13(9-14(11)15)3-4-19-5-7-20-8-6-19/h5-8,20-21H,9-19H2,1-4H3;10H,3-9H2,1-2H3. The van der Waals surface area contributed by atoms with Gasteiger partial charge in [0, 0.05) is 105 Å². The molecule has 9 heteroatoms. The average molecular weight is 753 g/mol. The van der Waals surface area contributed by atoms with E-state index in [1.807, 2.05) is 6.92 Å². The Balaban J connectivity index is 0.000000191. The van der Waals surface area contributed by atoms with E-state index < -0.39 is 0 Å². The van der Waals surface area contributed by atoms with E-state index in [0.717, 1.165) is 140 Å². The van der Waals surface area contributed by atoms with Gasteiger partial charge in [0.1, 0.15) is 5.15 Å². The van der Waals surface area contributed by atoms with Crippen LogP contribution in [-0.4, -0.2) is 123 Å². The summed E-state index contributed by atoms with van der Waals surface area (Å²) in [7, 11) is 0. The molecule has 0 unspecified atom stereocenters. The fraction of sp³-hybridized carbons (Fsp3) is 0.556. The van der Waals surface area contributed by atoms with E-state index in [9.17, 15) is 0 Å². The van der Waals surface area contributed by atoms with Gasteiger partial charge in [-0.15, -0.1) is 0 Å². The summed E-state index contributed by atoms with van der Waals surface area (Å²) in [6.45, 7) is 27.6. The van der Waals surface area contributed by atoms with Gasteiger partial charge in [-0.2, -0.15) is 0 Å². The van der Waals surface area contributed by atoms with Gasteiger partial charge in [-0.25, -0.2) is 4.98 Å². The van der Waals surface area contributed by atoms with Crippen molar-refractivity contribution in [1.82, 2.24) is 24.7 Å². The number of piperazine rings is 1. The fourth-order valence-electron chi connectivity index (χ4n) is 8.55. The van der Waals surface area contributed by atoms with Crippen LogP contribution < -0.4 is 4.90 Å². The Hall–Kier alpha value is -3.11. The zero-order valence-corrected chi connectivity index (χ0v) is 34.4. The van der Waals surface area contributed by atoms with Crippen LogP contribution in [0.4, 0.5) is 5.69 Å². The summed E-state index contributed by atoms with van der Waals surface area (Å²) < 4.78 is 10.9. The van der Waals surface area contributed by atoms with Crippen molar-refractivity contribution in [3.63, 3.8) is 0 Å². The van der Waals surface area contributed by atoms with E-state index in [1.165, 1.54) is 50.2 Å². The molecule has 0 bridgehead atoms. The van der Waals surface area contributed by atoms with Gasteiger partial charge in [0.05, 0.1) is 32.1 Å². The van der Waals surface area contributed by atoms with E-state index in [4.69, 9.17) is 26.1 Å². The predicted molar refractivity (Wildman–Crippen MR) is 224 cm³/mol. The molecule has 3 aliphatic heterocycles. The number of ether oxygens (including phenoxy) is 2. The third-order valence-electron chi connectivity index (χ3n) is 12.4. The maximum atomic E-state index is 6.28. The SMILES string of the molecule is Cc1nc(-c2ccc(N3CCN(C(C)C)CC3)cc2)c2c(c1C)CC(CCN1CCOCC1)=C2.Cc1nc(Cl)c2c(c1C)CC(CCN1CCOCC1)=C2. The van der Waals surface area contributed by atoms with Gasteiger partial charge in [-0.05, 0) is 102 Å². The van der Waals surface area contributed by atoms with Crippen molar-refractivity contribution in [2.75, 3.05) is 96.8 Å². The van der Waals surface area contributed by atoms with E-state index in [1.54, 1.807) is 0 Å². The number of fused-ring (bicyclic) bond motifs is 2. The average Bonchev–Trinajstić information content (AvgIpc) is 3.84. The molecule has 5 aliphatic rings. The summed E-state index contributed by atoms with van der Waals surface area (Å²) in [5.41, 5.74) is 16.9. The molecule has 2 aliphatic carbocycles. The number of morpholine rings is 2. The minimum absolute atomic E-state index is 0.634. The Morgan fingerprint density at radius 1 is 0.648 bits per heavy atom. The van der Waals surface area contributed by atoms with Crippen molar-refractivity contribution in [2.45, 2.75) is 73.3 Å². The molecule has 5 heterocycles. The molecule has 0 amide bonds. The van der Waals surface area contributed by atoms with E-state index in [-0.39, 0.29) is 0 Å². The van der Waals surface area contributed by atoms with Crippen LogP contribution in [0.25, 0.3) is 23.4 Å². The Morgan fingerprint density at radius 2 is 1.15 bits per heavy atom. The monoisotopic (exact) mass is 752 g/mol. The maximum Gasteiger partial charge on any atom is 0.136 e. The highest BCUT2D eigenvalue weighted by molar-refractivity contribution is 6.31. The minimum atomic E-state index is 0.634. The van der Waals surface area contributed by atoms with Gasteiger partial charge < -0.3 is 14.4 Å². The van der Waals surface area contributed by atoms with Crippen LogP contribution in [-0.2, 0) is 22.3 Å². The predicted octanol–water partition coefficient (Wildman–Crippen LogP) is 7.57. The molecule has 0 atom stereocenters. The van der Waals surface area contributed by atoms with Crippen LogP contribution >= 0.6 is 11.6 Å². The summed E-state index contributed by atoms with van der Waals surface area (Å²) >= 11 is 6.28. The van der Waals surface area contributed by atoms with Gasteiger partial charge in [-0.1, -0.05) is 47.0 Å². The lowest BCUT2D eigenvalue weighted by molar-refractivity contribution is 0.0384. The number of nitrogens with zero attached hydrogens (tertiary/aromatic N) is 6. The number of aromatic nitrogens is 2. The third-order valence-corrected chi connectivity index (χ3v) is 12.7. The lowest BCUT2D eigenvalue weighted by Crippen LogP contribution is -2.48. The number of rotatable bonds is 9. The molecule has 0 saturated carbocycles. The number of hydrogen-bond acceptors (Lipinski definition) is 8. The highest BCUT2D eigenvalue weighted by Crippen LogP contribution is 2.38. The molecule has 8 nitrogen and oxygen atoms in total. The summed E-state index contributed by atoms with van der Waals surface area (Å²) in [5.74, 6) is 0. The molecule has 3 aromatic rings. The quantitative estimate of drug-likeness (QED) is 0.208. The molecule has 8 rings (SSSR count). The first-order valence-corrected chi connectivity index (χ1v) is 20.8. The summed E-state index contributed by atoms with van der Waals surface area (Å²) in [6, 6.07) is 9.78. The molecular formula is C45H61ClN6O2. The van der Waals surface area contributed by atoms with Crippen molar-refractivity contribution in [2.24, 2.45) is 0 Å². The number of halogens is 1. The van der Waals surface area contributed by atoms with Crippen molar-refractivity contribution in [3.05, 3.63) is 85.3 Å². The summed E-state index contributed by atoms with van der Waals surface area (Å²) in [4.78, 5) is 19.6. The molecule has 2 aromatic heterocycles.